The summed E-state index contributed by atoms with van der Waals surface area (Å²) in [6.45, 7) is 0. The van der Waals surface area contributed by atoms with Crippen LogP contribution in [0, 0.1) is 0 Å². The zero-order valence-corrected chi connectivity index (χ0v) is 8.66. The van der Waals surface area contributed by atoms with E-state index in [0.717, 1.165) is 6.26 Å². The van der Waals surface area contributed by atoms with Crippen LogP contribution in [0.2, 0.25) is 0 Å². The Labute approximate surface area is 81.4 Å². The molecule has 86 valence electrons. The Hall–Kier alpha value is -0.300. The minimum Gasteiger partial charge on any atom is -0.327 e. The van der Waals surface area contributed by atoms with Crippen LogP contribution in [0.25, 0.3) is 0 Å². The number of hydrogen-bond acceptors (Lipinski definition) is 3. The second-order valence-electron chi connectivity index (χ2n) is 3.36. The highest BCUT2D eigenvalue weighted by molar-refractivity contribution is 7.90. The van der Waals surface area contributed by atoms with E-state index in [1.807, 2.05) is 0 Å². The monoisotopic (exact) mass is 233 g/mol. The molecule has 0 aliphatic heterocycles. The summed E-state index contributed by atoms with van der Waals surface area (Å²) in [6.07, 6.45) is -4.14. The maximum Gasteiger partial charge on any atom is 0.389 e. The molecule has 2 N–H and O–H groups in total. The predicted molar refractivity (Wildman–Crippen MR) is 47.6 cm³/mol. The molecule has 0 spiro atoms. The normalized spacial score (nSPS) is 15.5. The molecule has 0 radical (unpaired) electrons. The Bertz CT molecular complexity index is 261. The fourth-order valence-electron chi connectivity index (χ4n) is 1.04. The summed E-state index contributed by atoms with van der Waals surface area (Å²) in [5.41, 5.74) is 5.34. The Morgan fingerprint density at radius 3 is 2.21 bits per heavy atom. The Balaban J connectivity index is 3.71. The van der Waals surface area contributed by atoms with E-state index < -0.39 is 28.5 Å². The highest BCUT2D eigenvalue weighted by Gasteiger charge is 2.26. The first kappa shape index (κ1) is 13.7. The van der Waals surface area contributed by atoms with Crippen molar-refractivity contribution in [2.45, 2.75) is 31.5 Å². The van der Waals surface area contributed by atoms with Gasteiger partial charge in [0.05, 0.1) is 5.75 Å². The van der Waals surface area contributed by atoms with Crippen LogP contribution in [0.15, 0.2) is 0 Å². The molecule has 0 heterocycles. The standard InChI is InChI=1S/C7H14F3NO2S/c1-14(12,13)5-6(11)3-2-4-7(8,9)10/h6H,2-5,11H2,1H3. The third kappa shape index (κ3) is 9.79. The summed E-state index contributed by atoms with van der Waals surface area (Å²) in [6, 6.07) is -0.702. The molecule has 1 atom stereocenters. The van der Waals surface area contributed by atoms with Crippen molar-refractivity contribution < 1.29 is 21.6 Å². The van der Waals surface area contributed by atoms with Gasteiger partial charge in [-0.05, 0) is 12.8 Å². The second kappa shape index (κ2) is 4.97. The molecule has 0 saturated heterocycles. The average Bonchev–Trinajstić information content (AvgIpc) is 1.78. The molecule has 0 aromatic carbocycles. The highest BCUT2D eigenvalue weighted by atomic mass is 32.2. The van der Waals surface area contributed by atoms with E-state index in [9.17, 15) is 21.6 Å². The lowest BCUT2D eigenvalue weighted by Crippen LogP contribution is -2.29. The SMILES string of the molecule is CS(=O)(=O)CC(N)CCCC(F)(F)F. The molecule has 0 saturated carbocycles. The largest absolute Gasteiger partial charge is 0.389 e. The number of halogens is 3. The Kier molecular flexibility index (Phi) is 4.87. The number of alkyl halides is 3. The molecule has 0 aromatic heterocycles. The molecule has 0 amide bonds. The lowest BCUT2D eigenvalue weighted by molar-refractivity contribution is -0.135. The molecular formula is C7H14F3NO2S. The van der Waals surface area contributed by atoms with Gasteiger partial charge in [-0.2, -0.15) is 13.2 Å². The van der Waals surface area contributed by atoms with Gasteiger partial charge in [-0.3, -0.25) is 0 Å². The van der Waals surface area contributed by atoms with E-state index in [4.69, 9.17) is 5.73 Å². The van der Waals surface area contributed by atoms with Gasteiger partial charge in [-0.1, -0.05) is 0 Å². The van der Waals surface area contributed by atoms with Crippen molar-refractivity contribution in [1.29, 1.82) is 0 Å². The summed E-state index contributed by atoms with van der Waals surface area (Å²) in [5.74, 6) is -0.259. The quantitative estimate of drug-likeness (QED) is 0.773. The fourth-order valence-corrected chi connectivity index (χ4v) is 1.98. The topological polar surface area (TPSA) is 60.2 Å². The molecule has 3 nitrogen and oxygen atoms in total. The third-order valence-corrected chi connectivity index (χ3v) is 2.59. The van der Waals surface area contributed by atoms with Gasteiger partial charge in [-0.25, -0.2) is 8.42 Å². The zero-order chi connectivity index (χ0) is 11.4. The number of hydrogen-bond donors (Lipinski definition) is 1. The van der Waals surface area contributed by atoms with Crippen molar-refractivity contribution in [3.8, 4) is 0 Å². The Morgan fingerprint density at radius 1 is 1.36 bits per heavy atom. The molecule has 7 heteroatoms. The molecule has 0 fully saturated rings. The molecular weight excluding hydrogens is 219 g/mol. The van der Waals surface area contributed by atoms with Crippen LogP contribution in [0.3, 0.4) is 0 Å². The minimum absolute atomic E-state index is 0.0760. The van der Waals surface area contributed by atoms with Crippen molar-refractivity contribution in [1.82, 2.24) is 0 Å². The molecule has 0 bridgehead atoms. The summed E-state index contributed by atoms with van der Waals surface area (Å²) in [7, 11) is -3.20. The first-order valence-electron chi connectivity index (χ1n) is 4.10. The number of rotatable bonds is 5. The predicted octanol–water partition coefficient (Wildman–Crippen LogP) is 1.09. The van der Waals surface area contributed by atoms with Crippen molar-refractivity contribution in [3.05, 3.63) is 0 Å². The van der Waals surface area contributed by atoms with Gasteiger partial charge in [0.25, 0.3) is 0 Å². The van der Waals surface area contributed by atoms with Crippen LogP contribution in [-0.4, -0.2) is 32.6 Å². The van der Waals surface area contributed by atoms with Crippen molar-refractivity contribution in [2.24, 2.45) is 5.73 Å². The van der Waals surface area contributed by atoms with Crippen LogP contribution in [0.1, 0.15) is 19.3 Å². The van der Waals surface area contributed by atoms with Gasteiger partial charge in [0.2, 0.25) is 0 Å². The van der Waals surface area contributed by atoms with E-state index in [-0.39, 0.29) is 18.6 Å². The summed E-state index contributed by atoms with van der Waals surface area (Å²) >= 11 is 0. The van der Waals surface area contributed by atoms with Gasteiger partial charge < -0.3 is 5.73 Å². The Morgan fingerprint density at radius 2 is 1.86 bits per heavy atom. The van der Waals surface area contributed by atoms with Crippen LogP contribution in [-0.2, 0) is 9.84 Å². The van der Waals surface area contributed by atoms with E-state index in [1.54, 1.807) is 0 Å². The maximum absolute atomic E-state index is 11.7. The van der Waals surface area contributed by atoms with Gasteiger partial charge in [0, 0.05) is 18.7 Å². The zero-order valence-electron chi connectivity index (χ0n) is 7.84. The van der Waals surface area contributed by atoms with Crippen LogP contribution < -0.4 is 5.73 Å². The van der Waals surface area contributed by atoms with Crippen LogP contribution in [0.5, 0.6) is 0 Å². The van der Waals surface area contributed by atoms with E-state index in [1.165, 1.54) is 0 Å². The second-order valence-corrected chi connectivity index (χ2v) is 5.54. The molecule has 0 aromatic rings. The lowest BCUT2D eigenvalue weighted by Gasteiger charge is -2.10. The number of nitrogens with two attached hydrogens (primary N) is 1. The lowest BCUT2D eigenvalue weighted by atomic mass is 10.1. The third-order valence-electron chi connectivity index (χ3n) is 1.55. The maximum atomic E-state index is 11.7. The average molecular weight is 233 g/mol. The summed E-state index contributed by atoms with van der Waals surface area (Å²) in [5, 5.41) is 0. The van der Waals surface area contributed by atoms with Crippen molar-refractivity contribution in [2.75, 3.05) is 12.0 Å². The fraction of sp³-hybridized carbons (Fsp3) is 1.00. The van der Waals surface area contributed by atoms with Gasteiger partial charge in [0.1, 0.15) is 9.84 Å². The minimum atomic E-state index is -4.19. The first-order valence-corrected chi connectivity index (χ1v) is 6.16. The molecule has 0 aliphatic rings. The van der Waals surface area contributed by atoms with Crippen molar-refractivity contribution >= 4 is 9.84 Å². The van der Waals surface area contributed by atoms with Crippen LogP contribution in [0.4, 0.5) is 13.2 Å². The van der Waals surface area contributed by atoms with Crippen molar-refractivity contribution in [3.63, 3.8) is 0 Å². The smallest absolute Gasteiger partial charge is 0.327 e. The van der Waals surface area contributed by atoms with Gasteiger partial charge in [-0.15, -0.1) is 0 Å². The van der Waals surface area contributed by atoms with E-state index in [2.05, 4.69) is 0 Å². The molecule has 0 aliphatic carbocycles. The summed E-state index contributed by atoms with van der Waals surface area (Å²) in [4.78, 5) is 0. The molecule has 14 heavy (non-hydrogen) atoms. The summed E-state index contributed by atoms with van der Waals surface area (Å²) < 4.78 is 56.5. The molecule has 0 rings (SSSR count). The van der Waals surface area contributed by atoms with E-state index >= 15 is 0 Å². The van der Waals surface area contributed by atoms with E-state index in [0.29, 0.717) is 0 Å². The van der Waals surface area contributed by atoms with Gasteiger partial charge in [0.15, 0.2) is 0 Å². The first-order chi connectivity index (χ1) is 6.10. The van der Waals surface area contributed by atoms with Gasteiger partial charge >= 0.3 is 6.18 Å². The molecule has 1 unspecified atom stereocenters. The number of sulfone groups is 1. The highest BCUT2D eigenvalue weighted by Crippen LogP contribution is 2.22. The van der Waals surface area contributed by atoms with Crippen LogP contribution >= 0.6 is 0 Å².